The summed E-state index contributed by atoms with van der Waals surface area (Å²) in [6.07, 6.45) is 25.0. The van der Waals surface area contributed by atoms with E-state index in [4.69, 9.17) is 0 Å². The zero-order chi connectivity index (χ0) is 32.4. The Balaban J connectivity index is 1.94. The molecule has 0 aromatic rings. The standard InChI is InChI=1S/C40H54O3/c1-28(17-13-19-30(3)21-23-35-32(5)25-34(41)26-39(35,7)8)15-11-12-16-29(2)18-14-20-31(4)22-24-36-33(6)38(43)37(42)27-40(36,9)10/h11-20,22,24,34,37-38,41-43H,25-27H2,1-10H3/b12-11+,17-13+,18-14+,24-22+,28-15+,29-16+,30-19+,31-20+/t34-,37+,38+/m1/s1. The molecule has 0 bridgehead atoms. The van der Waals surface area contributed by atoms with Crippen LogP contribution in [0, 0.1) is 22.7 Å². The van der Waals surface area contributed by atoms with E-state index in [1.807, 2.05) is 44.2 Å². The summed E-state index contributed by atoms with van der Waals surface area (Å²) in [7, 11) is 0. The quantitative estimate of drug-likeness (QED) is 0.198. The van der Waals surface area contributed by atoms with Crippen molar-refractivity contribution in [2.24, 2.45) is 10.8 Å². The zero-order valence-corrected chi connectivity index (χ0v) is 28.1. The van der Waals surface area contributed by atoms with Crippen LogP contribution in [-0.2, 0) is 0 Å². The Morgan fingerprint density at radius 3 is 1.84 bits per heavy atom. The second-order valence-corrected chi connectivity index (χ2v) is 13.6. The van der Waals surface area contributed by atoms with Crippen molar-refractivity contribution < 1.29 is 15.3 Å². The predicted octanol–water partition coefficient (Wildman–Crippen LogP) is 8.97. The van der Waals surface area contributed by atoms with E-state index in [0.717, 1.165) is 45.4 Å². The first-order valence-electron chi connectivity index (χ1n) is 15.4. The molecule has 0 saturated heterocycles. The third-order valence-electron chi connectivity index (χ3n) is 8.22. The van der Waals surface area contributed by atoms with Crippen molar-refractivity contribution in [1.82, 2.24) is 0 Å². The van der Waals surface area contributed by atoms with Crippen LogP contribution < -0.4 is 0 Å². The summed E-state index contributed by atoms with van der Waals surface area (Å²) in [5.41, 5.74) is 8.45. The molecule has 0 saturated carbocycles. The van der Waals surface area contributed by atoms with Gasteiger partial charge in [0.2, 0.25) is 0 Å². The molecule has 2 aliphatic rings. The van der Waals surface area contributed by atoms with E-state index in [9.17, 15) is 15.3 Å². The summed E-state index contributed by atoms with van der Waals surface area (Å²) in [4.78, 5) is 0. The summed E-state index contributed by atoms with van der Waals surface area (Å²) >= 11 is 0. The van der Waals surface area contributed by atoms with Crippen LogP contribution in [0.15, 0.2) is 117 Å². The van der Waals surface area contributed by atoms with Gasteiger partial charge in [-0.15, -0.1) is 0 Å². The van der Waals surface area contributed by atoms with Gasteiger partial charge in [0.05, 0.1) is 12.2 Å². The lowest BCUT2D eigenvalue weighted by atomic mass is 9.70. The van der Waals surface area contributed by atoms with Crippen molar-refractivity contribution in [3.63, 3.8) is 0 Å². The molecule has 0 amide bonds. The minimum absolute atomic E-state index is 0.0893. The highest BCUT2D eigenvalue weighted by Gasteiger charge is 2.36. The first-order chi connectivity index (χ1) is 20.0. The molecule has 0 aliphatic heterocycles. The molecule has 0 spiro atoms. The van der Waals surface area contributed by atoms with E-state index in [-0.39, 0.29) is 16.9 Å². The normalized spacial score (nSPS) is 25.9. The number of aliphatic hydroxyl groups excluding tert-OH is 3. The van der Waals surface area contributed by atoms with Crippen LogP contribution in [0.2, 0.25) is 0 Å². The third-order valence-corrected chi connectivity index (χ3v) is 8.22. The lowest BCUT2D eigenvalue weighted by molar-refractivity contribution is 0.00686. The van der Waals surface area contributed by atoms with Crippen molar-refractivity contribution >= 4 is 0 Å². The molecule has 3 N–H and O–H groups in total. The minimum Gasteiger partial charge on any atom is -0.393 e. The molecule has 2 aliphatic carbocycles. The van der Waals surface area contributed by atoms with Gasteiger partial charge in [0.25, 0.3) is 0 Å². The average Bonchev–Trinajstić information content (AvgIpc) is 2.88. The van der Waals surface area contributed by atoms with Gasteiger partial charge in [-0.3, -0.25) is 0 Å². The molecule has 43 heavy (non-hydrogen) atoms. The maximum absolute atomic E-state index is 10.3. The van der Waals surface area contributed by atoms with Gasteiger partial charge in [0.1, 0.15) is 6.10 Å². The van der Waals surface area contributed by atoms with E-state index >= 15 is 0 Å². The Bertz CT molecular complexity index is 1380. The van der Waals surface area contributed by atoms with Crippen molar-refractivity contribution in [2.45, 2.75) is 107 Å². The molecular weight excluding hydrogens is 528 g/mol. The molecule has 3 nitrogen and oxygen atoms in total. The molecule has 3 atom stereocenters. The van der Waals surface area contributed by atoms with E-state index < -0.39 is 12.2 Å². The zero-order valence-electron chi connectivity index (χ0n) is 28.1. The summed E-state index contributed by atoms with van der Waals surface area (Å²) in [6.45, 7) is 20.8. The van der Waals surface area contributed by atoms with Gasteiger partial charge in [-0.1, -0.05) is 135 Å². The molecule has 0 heterocycles. The van der Waals surface area contributed by atoms with Crippen LogP contribution in [-0.4, -0.2) is 33.6 Å². The van der Waals surface area contributed by atoms with Crippen molar-refractivity contribution in [2.75, 3.05) is 0 Å². The number of allylic oxidation sites excluding steroid dienone is 18. The maximum Gasteiger partial charge on any atom is 0.101 e. The van der Waals surface area contributed by atoms with Gasteiger partial charge in [-0.05, 0) is 82.9 Å². The maximum atomic E-state index is 10.3. The van der Waals surface area contributed by atoms with E-state index in [1.165, 1.54) is 5.57 Å². The largest absolute Gasteiger partial charge is 0.393 e. The van der Waals surface area contributed by atoms with Gasteiger partial charge in [-0.25, -0.2) is 0 Å². The van der Waals surface area contributed by atoms with E-state index in [1.54, 1.807) is 0 Å². The topological polar surface area (TPSA) is 60.7 Å². The van der Waals surface area contributed by atoms with Gasteiger partial charge < -0.3 is 15.3 Å². The van der Waals surface area contributed by atoms with Crippen LogP contribution in [0.5, 0.6) is 0 Å². The third kappa shape index (κ3) is 11.5. The molecule has 0 unspecified atom stereocenters. The van der Waals surface area contributed by atoms with Crippen LogP contribution in [0.4, 0.5) is 0 Å². The van der Waals surface area contributed by atoms with Gasteiger partial charge in [0.15, 0.2) is 0 Å². The van der Waals surface area contributed by atoms with Gasteiger partial charge in [0, 0.05) is 11.0 Å². The molecule has 232 valence electrons. The minimum atomic E-state index is -0.794. The van der Waals surface area contributed by atoms with Crippen LogP contribution in [0.25, 0.3) is 0 Å². The Kier molecular flexibility index (Phi) is 13.5. The Morgan fingerprint density at radius 1 is 0.721 bits per heavy atom. The fourth-order valence-corrected chi connectivity index (χ4v) is 5.85. The summed E-state index contributed by atoms with van der Waals surface area (Å²) in [5.74, 6) is 6.66. The van der Waals surface area contributed by atoms with Crippen LogP contribution >= 0.6 is 0 Å². The molecule has 3 heteroatoms. The SMILES string of the molecule is CC1=C(C#C/C(C)=C/C=C/C(C)=C/C=C/C=C(C)/C=C/C=C(C)/C=C/C2=C(C)[C@H](O)[C@@H](O)CC2(C)C)C(C)(C)C[C@H](O)C1. The van der Waals surface area contributed by atoms with Gasteiger partial charge >= 0.3 is 0 Å². The lowest BCUT2D eigenvalue weighted by Crippen LogP contribution is -2.38. The fourth-order valence-electron chi connectivity index (χ4n) is 5.85. The van der Waals surface area contributed by atoms with Crippen molar-refractivity contribution in [3.05, 3.63) is 117 Å². The second kappa shape index (κ2) is 16.1. The van der Waals surface area contributed by atoms with Gasteiger partial charge in [-0.2, -0.15) is 0 Å². The van der Waals surface area contributed by atoms with Crippen molar-refractivity contribution in [1.29, 1.82) is 0 Å². The first kappa shape index (κ1) is 36.0. The number of hydrogen-bond donors (Lipinski definition) is 3. The van der Waals surface area contributed by atoms with Crippen LogP contribution in [0.3, 0.4) is 0 Å². The molecule has 0 fully saturated rings. The highest BCUT2D eigenvalue weighted by atomic mass is 16.3. The highest BCUT2D eigenvalue weighted by molar-refractivity contribution is 5.45. The Morgan fingerprint density at radius 2 is 1.26 bits per heavy atom. The van der Waals surface area contributed by atoms with Crippen LogP contribution in [0.1, 0.15) is 88.5 Å². The molecule has 0 aromatic carbocycles. The second-order valence-electron chi connectivity index (χ2n) is 13.6. The first-order valence-corrected chi connectivity index (χ1v) is 15.4. The predicted molar refractivity (Wildman–Crippen MR) is 184 cm³/mol. The smallest absolute Gasteiger partial charge is 0.101 e. The van der Waals surface area contributed by atoms with E-state index in [2.05, 4.69) is 110 Å². The fraction of sp³-hybridized carbons (Fsp3) is 0.450. The summed E-state index contributed by atoms with van der Waals surface area (Å²) in [6, 6.07) is 0. The molecule has 0 aromatic heterocycles. The number of aliphatic hydroxyl groups is 3. The average molecular weight is 583 g/mol. The van der Waals surface area contributed by atoms with Crippen molar-refractivity contribution in [3.8, 4) is 11.8 Å². The molecule has 2 rings (SSSR count). The molecule has 0 radical (unpaired) electrons. The molecular formula is C40H54O3. The Hall–Kier alpha value is -3.16. The number of rotatable bonds is 8. The summed E-state index contributed by atoms with van der Waals surface area (Å²) < 4.78 is 0. The number of hydrogen-bond acceptors (Lipinski definition) is 3. The summed E-state index contributed by atoms with van der Waals surface area (Å²) in [5, 5.41) is 30.5. The Labute approximate surface area is 261 Å². The highest BCUT2D eigenvalue weighted by Crippen LogP contribution is 2.41. The lowest BCUT2D eigenvalue weighted by Gasteiger charge is -2.38. The van der Waals surface area contributed by atoms with E-state index in [0.29, 0.717) is 12.8 Å². The monoisotopic (exact) mass is 582 g/mol.